The van der Waals surface area contributed by atoms with Crippen molar-refractivity contribution in [2.24, 2.45) is 5.73 Å². The van der Waals surface area contributed by atoms with Crippen LogP contribution in [0.25, 0.3) is 0 Å². The molecule has 0 spiro atoms. The summed E-state index contributed by atoms with van der Waals surface area (Å²) >= 11 is 5.13. The maximum Gasteiger partial charge on any atom is 0.214 e. The minimum Gasteiger partial charge on any atom is -0.392 e. The molecule has 1 aliphatic rings. The van der Waals surface area contributed by atoms with E-state index < -0.39 is 10.0 Å². The molecule has 1 heterocycles. The first-order valence-corrected chi connectivity index (χ1v) is 9.45. The Morgan fingerprint density at radius 2 is 1.80 bits per heavy atom. The van der Waals surface area contributed by atoms with Gasteiger partial charge in [-0.25, -0.2) is 8.42 Å². The van der Waals surface area contributed by atoms with Crippen LogP contribution in [0.15, 0.2) is 0 Å². The molecule has 2 N–H and O–H groups in total. The van der Waals surface area contributed by atoms with Crippen LogP contribution in [0.3, 0.4) is 0 Å². The van der Waals surface area contributed by atoms with Crippen LogP contribution in [0.2, 0.25) is 0 Å². The molecule has 1 fully saturated rings. The molecule has 1 atom stereocenters. The zero-order valence-electron chi connectivity index (χ0n) is 12.5. The maximum atomic E-state index is 12.1. The third-order valence-electron chi connectivity index (χ3n) is 3.75. The maximum absolute atomic E-state index is 12.1. The molecule has 118 valence electrons. The molecule has 1 unspecified atom stereocenters. The Hall–Kier alpha value is -0.240. The van der Waals surface area contributed by atoms with Gasteiger partial charge in [-0.1, -0.05) is 38.9 Å². The van der Waals surface area contributed by atoms with Gasteiger partial charge < -0.3 is 5.73 Å². The van der Waals surface area contributed by atoms with E-state index in [4.69, 9.17) is 18.0 Å². The highest BCUT2D eigenvalue weighted by Crippen LogP contribution is 2.15. The van der Waals surface area contributed by atoms with Gasteiger partial charge in [-0.05, 0) is 12.8 Å². The number of sulfonamides is 1. The molecule has 1 aliphatic heterocycles. The summed E-state index contributed by atoms with van der Waals surface area (Å²) in [5, 5.41) is 0. The van der Waals surface area contributed by atoms with Gasteiger partial charge in [0.1, 0.15) is 0 Å². The quantitative estimate of drug-likeness (QED) is 0.680. The molecule has 0 aliphatic carbocycles. The van der Waals surface area contributed by atoms with Crippen molar-refractivity contribution >= 4 is 27.2 Å². The average Bonchev–Trinajstić information content (AvgIpc) is 2.42. The van der Waals surface area contributed by atoms with Crippen LogP contribution in [-0.2, 0) is 10.0 Å². The normalized spacial score (nSPS) is 19.9. The Morgan fingerprint density at radius 3 is 2.25 bits per heavy atom. The number of hydrogen-bond donors (Lipinski definition) is 1. The van der Waals surface area contributed by atoms with Crippen molar-refractivity contribution < 1.29 is 8.42 Å². The molecular formula is C13H27N3O2S2. The summed E-state index contributed by atoms with van der Waals surface area (Å²) in [4.78, 5) is 2.74. The Balaban J connectivity index is 2.56. The van der Waals surface area contributed by atoms with Gasteiger partial charge in [-0.3, -0.25) is 4.90 Å². The molecule has 1 saturated heterocycles. The summed E-state index contributed by atoms with van der Waals surface area (Å²) in [6.07, 6.45) is 3.60. The van der Waals surface area contributed by atoms with Crippen LogP contribution in [0.5, 0.6) is 0 Å². The van der Waals surface area contributed by atoms with Gasteiger partial charge in [0.05, 0.1) is 16.8 Å². The van der Waals surface area contributed by atoms with E-state index in [1.54, 1.807) is 4.31 Å². The van der Waals surface area contributed by atoms with Crippen LogP contribution in [-0.4, -0.2) is 60.6 Å². The fourth-order valence-corrected chi connectivity index (χ4v) is 4.43. The standard InChI is InChI=1S/C13H27N3O2S2/c1-3-5-11-20(17,18)16-9-7-15(8-10-16)12(6-4-2)13(14)19/h12H,3-11H2,1-2H3,(H2,14,19). The van der Waals surface area contributed by atoms with E-state index >= 15 is 0 Å². The van der Waals surface area contributed by atoms with Gasteiger partial charge in [-0.15, -0.1) is 0 Å². The van der Waals surface area contributed by atoms with Crippen molar-refractivity contribution in [3.05, 3.63) is 0 Å². The minimum absolute atomic E-state index is 0.107. The lowest BCUT2D eigenvalue weighted by atomic mass is 10.1. The van der Waals surface area contributed by atoms with Crippen molar-refractivity contribution in [3.63, 3.8) is 0 Å². The van der Waals surface area contributed by atoms with Crippen LogP contribution < -0.4 is 5.73 Å². The van der Waals surface area contributed by atoms with Gasteiger partial charge in [-0.2, -0.15) is 4.31 Å². The zero-order valence-corrected chi connectivity index (χ0v) is 14.2. The summed E-state index contributed by atoms with van der Waals surface area (Å²) < 4.78 is 25.9. The zero-order chi connectivity index (χ0) is 15.2. The van der Waals surface area contributed by atoms with E-state index in [1.165, 1.54) is 0 Å². The summed E-state index contributed by atoms with van der Waals surface area (Å²) in [7, 11) is -3.08. The highest BCUT2D eigenvalue weighted by molar-refractivity contribution is 7.89. The Morgan fingerprint density at radius 1 is 1.20 bits per heavy atom. The molecule has 20 heavy (non-hydrogen) atoms. The number of rotatable bonds is 8. The molecule has 0 bridgehead atoms. The number of piperazine rings is 1. The molecule has 0 saturated carbocycles. The summed E-state index contributed by atoms with van der Waals surface area (Å²) in [6.45, 7) is 6.65. The summed E-state index contributed by atoms with van der Waals surface area (Å²) in [5.74, 6) is 0.261. The van der Waals surface area contributed by atoms with Crippen molar-refractivity contribution in [2.45, 2.75) is 45.6 Å². The highest BCUT2D eigenvalue weighted by atomic mass is 32.2. The van der Waals surface area contributed by atoms with E-state index in [2.05, 4.69) is 11.8 Å². The first-order valence-electron chi connectivity index (χ1n) is 7.43. The van der Waals surface area contributed by atoms with Crippen molar-refractivity contribution in [1.29, 1.82) is 0 Å². The predicted molar refractivity (Wildman–Crippen MR) is 87.3 cm³/mol. The topological polar surface area (TPSA) is 66.6 Å². The van der Waals surface area contributed by atoms with E-state index in [0.717, 1.165) is 25.7 Å². The number of hydrogen-bond acceptors (Lipinski definition) is 4. The molecule has 0 aromatic carbocycles. The fourth-order valence-electron chi connectivity index (χ4n) is 2.53. The lowest BCUT2D eigenvalue weighted by Crippen LogP contribution is -2.55. The fraction of sp³-hybridized carbons (Fsp3) is 0.923. The third-order valence-corrected chi connectivity index (χ3v) is 5.98. The van der Waals surface area contributed by atoms with Gasteiger partial charge >= 0.3 is 0 Å². The van der Waals surface area contributed by atoms with Crippen LogP contribution in [0.1, 0.15) is 39.5 Å². The molecule has 7 heteroatoms. The second-order valence-corrected chi connectivity index (χ2v) is 7.87. The number of thiocarbonyl (C=S) groups is 1. The van der Waals surface area contributed by atoms with Crippen molar-refractivity contribution in [3.8, 4) is 0 Å². The smallest absolute Gasteiger partial charge is 0.214 e. The average molecular weight is 322 g/mol. The molecule has 0 aromatic heterocycles. The Bertz CT molecular complexity index is 404. The van der Waals surface area contributed by atoms with Crippen molar-refractivity contribution in [1.82, 2.24) is 9.21 Å². The first-order chi connectivity index (χ1) is 9.42. The predicted octanol–water partition coefficient (Wildman–Crippen LogP) is 1.19. The van der Waals surface area contributed by atoms with Crippen LogP contribution >= 0.6 is 12.2 Å². The third kappa shape index (κ3) is 4.95. The van der Waals surface area contributed by atoms with Crippen LogP contribution in [0, 0.1) is 0 Å². The number of nitrogens with zero attached hydrogens (tertiary/aromatic N) is 2. The Labute approximate surface area is 128 Å². The van der Waals surface area contributed by atoms with E-state index in [9.17, 15) is 8.42 Å². The van der Waals surface area contributed by atoms with Gasteiger partial charge in [0, 0.05) is 26.2 Å². The lowest BCUT2D eigenvalue weighted by Gasteiger charge is -2.38. The number of unbranched alkanes of at least 4 members (excludes halogenated alkanes) is 1. The van der Waals surface area contributed by atoms with Gasteiger partial charge in [0.25, 0.3) is 0 Å². The van der Waals surface area contributed by atoms with Crippen LogP contribution in [0.4, 0.5) is 0 Å². The summed E-state index contributed by atoms with van der Waals surface area (Å²) in [6, 6.07) is 0.107. The first kappa shape index (κ1) is 17.8. The second kappa shape index (κ2) is 8.26. The monoisotopic (exact) mass is 321 g/mol. The largest absolute Gasteiger partial charge is 0.392 e. The second-order valence-electron chi connectivity index (χ2n) is 5.31. The lowest BCUT2D eigenvalue weighted by molar-refractivity contribution is 0.162. The minimum atomic E-state index is -3.08. The Kier molecular flexibility index (Phi) is 7.36. The van der Waals surface area contributed by atoms with Crippen molar-refractivity contribution in [2.75, 3.05) is 31.9 Å². The van der Waals surface area contributed by atoms with Gasteiger partial charge in [0.2, 0.25) is 10.0 Å². The molecular weight excluding hydrogens is 294 g/mol. The molecule has 1 rings (SSSR count). The van der Waals surface area contributed by atoms with E-state index in [-0.39, 0.29) is 11.8 Å². The molecule has 0 aromatic rings. The highest BCUT2D eigenvalue weighted by Gasteiger charge is 2.30. The number of nitrogens with two attached hydrogens (primary N) is 1. The van der Waals surface area contributed by atoms with E-state index in [0.29, 0.717) is 31.2 Å². The SMILES string of the molecule is CCCCS(=O)(=O)N1CCN(C(CCC)C(N)=S)CC1. The van der Waals surface area contributed by atoms with E-state index in [1.807, 2.05) is 6.92 Å². The molecule has 0 radical (unpaired) electrons. The molecule has 0 amide bonds. The molecule has 5 nitrogen and oxygen atoms in total. The van der Waals surface area contributed by atoms with Gasteiger partial charge in [0.15, 0.2) is 0 Å². The summed E-state index contributed by atoms with van der Waals surface area (Å²) in [5.41, 5.74) is 5.80.